The van der Waals surface area contributed by atoms with Gasteiger partial charge in [-0.2, -0.15) is 0 Å². The van der Waals surface area contributed by atoms with Crippen LogP contribution in [0.2, 0.25) is 0 Å². The Morgan fingerprint density at radius 1 is 1.23 bits per heavy atom. The molecule has 1 aromatic rings. The molecule has 1 rings (SSSR count). The van der Waals surface area contributed by atoms with E-state index < -0.39 is 0 Å². The highest BCUT2D eigenvalue weighted by Gasteiger charge is 1.88. The van der Waals surface area contributed by atoms with Crippen LogP contribution in [0.25, 0.3) is 6.08 Å². The Hall–Kier alpha value is -0.890. The van der Waals surface area contributed by atoms with Gasteiger partial charge in [-0.25, -0.2) is 0 Å². The van der Waals surface area contributed by atoms with Crippen molar-refractivity contribution in [2.75, 3.05) is 0 Å². The van der Waals surface area contributed by atoms with Gasteiger partial charge < -0.3 is 4.79 Å². The first-order valence-electron chi connectivity index (χ1n) is 4.12. The van der Waals surface area contributed by atoms with E-state index in [2.05, 4.69) is 28.1 Å². The summed E-state index contributed by atoms with van der Waals surface area (Å²) in [7, 11) is 0. The lowest BCUT2D eigenvalue weighted by Crippen LogP contribution is -1.77. The van der Waals surface area contributed by atoms with Crippen LogP contribution in [0.1, 0.15) is 17.5 Å². The van der Waals surface area contributed by atoms with E-state index in [0.717, 1.165) is 17.2 Å². The average Bonchev–Trinajstić information content (AvgIpc) is 2.19. The first-order chi connectivity index (χ1) is 6.36. The Labute approximate surface area is 86.6 Å². The average molecular weight is 239 g/mol. The molecule has 0 radical (unpaired) electrons. The van der Waals surface area contributed by atoms with Crippen LogP contribution >= 0.6 is 15.9 Å². The minimum Gasteiger partial charge on any atom is -0.303 e. The smallest absolute Gasteiger partial charge is 0.123 e. The van der Waals surface area contributed by atoms with Gasteiger partial charge in [-0.3, -0.25) is 0 Å². The van der Waals surface area contributed by atoms with Crippen LogP contribution in [0.4, 0.5) is 0 Å². The summed E-state index contributed by atoms with van der Waals surface area (Å²) >= 11 is 3.38. The van der Waals surface area contributed by atoms with Crippen molar-refractivity contribution >= 4 is 28.3 Å². The third-order valence-corrected chi connectivity index (χ3v) is 2.32. The fourth-order valence-corrected chi connectivity index (χ4v) is 1.35. The Morgan fingerprint density at radius 3 is 2.46 bits per heavy atom. The minimum atomic E-state index is 0.486. The standard InChI is InChI=1S/C11H11BrO/c12-9-11-6-4-10(5-7-11)3-1-2-8-13/h1,3-8H,2,9H2. The number of benzene rings is 1. The maximum Gasteiger partial charge on any atom is 0.123 e. The SMILES string of the molecule is O=CCC=Cc1ccc(CBr)cc1. The van der Waals surface area contributed by atoms with E-state index in [9.17, 15) is 4.79 Å². The molecule has 0 spiro atoms. The van der Waals surface area contributed by atoms with Crippen LogP contribution in [-0.2, 0) is 10.1 Å². The molecule has 2 heteroatoms. The molecule has 0 saturated carbocycles. The molecule has 0 aromatic heterocycles. The lowest BCUT2D eigenvalue weighted by Gasteiger charge is -1.95. The molecular weight excluding hydrogens is 228 g/mol. The number of carbonyl (C=O) groups excluding carboxylic acids is 1. The van der Waals surface area contributed by atoms with E-state index in [1.54, 1.807) is 0 Å². The van der Waals surface area contributed by atoms with Crippen molar-refractivity contribution in [2.45, 2.75) is 11.8 Å². The number of halogens is 1. The van der Waals surface area contributed by atoms with Crippen molar-refractivity contribution in [3.05, 3.63) is 41.5 Å². The highest BCUT2D eigenvalue weighted by molar-refractivity contribution is 9.08. The van der Waals surface area contributed by atoms with Crippen LogP contribution in [0.3, 0.4) is 0 Å². The van der Waals surface area contributed by atoms with Gasteiger partial charge in [0.15, 0.2) is 0 Å². The van der Waals surface area contributed by atoms with E-state index in [4.69, 9.17) is 0 Å². The highest BCUT2D eigenvalue weighted by atomic mass is 79.9. The molecule has 0 heterocycles. The summed E-state index contributed by atoms with van der Waals surface area (Å²) in [5.74, 6) is 0. The van der Waals surface area contributed by atoms with Crippen LogP contribution in [0.15, 0.2) is 30.3 Å². The van der Waals surface area contributed by atoms with E-state index >= 15 is 0 Å². The van der Waals surface area contributed by atoms with Crippen LogP contribution in [0.5, 0.6) is 0 Å². The summed E-state index contributed by atoms with van der Waals surface area (Å²) in [6.45, 7) is 0. The summed E-state index contributed by atoms with van der Waals surface area (Å²) in [6, 6.07) is 8.21. The number of aldehydes is 1. The topological polar surface area (TPSA) is 17.1 Å². The van der Waals surface area contributed by atoms with Crippen LogP contribution in [-0.4, -0.2) is 6.29 Å². The summed E-state index contributed by atoms with van der Waals surface area (Å²) in [5.41, 5.74) is 2.39. The zero-order valence-corrected chi connectivity index (χ0v) is 8.83. The number of allylic oxidation sites excluding steroid dienone is 1. The van der Waals surface area contributed by atoms with Gasteiger partial charge in [-0.15, -0.1) is 0 Å². The molecule has 68 valence electrons. The molecule has 1 nitrogen and oxygen atoms in total. The Balaban J connectivity index is 2.63. The highest BCUT2D eigenvalue weighted by Crippen LogP contribution is 2.09. The van der Waals surface area contributed by atoms with Gasteiger partial charge in [0.25, 0.3) is 0 Å². The molecule has 0 fully saturated rings. The molecule has 0 amide bonds. The summed E-state index contributed by atoms with van der Waals surface area (Å²) in [4.78, 5) is 10.0. The summed E-state index contributed by atoms with van der Waals surface area (Å²) in [5, 5.41) is 0.880. The molecule has 1 aromatic carbocycles. The molecule has 0 atom stereocenters. The fraction of sp³-hybridized carbons (Fsp3) is 0.182. The first kappa shape index (κ1) is 10.2. The number of rotatable bonds is 4. The maximum absolute atomic E-state index is 10.0. The van der Waals surface area contributed by atoms with Crippen molar-refractivity contribution in [3.8, 4) is 0 Å². The largest absolute Gasteiger partial charge is 0.303 e. The molecule has 0 saturated heterocycles. The quantitative estimate of drug-likeness (QED) is 0.582. The van der Waals surface area contributed by atoms with Gasteiger partial charge in [0.05, 0.1) is 0 Å². The zero-order chi connectivity index (χ0) is 9.52. The van der Waals surface area contributed by atoms with E-state index in [1.165, 1.54) is 5.56 Å². The van der Waals surface area contributed by atoms with Gasteiger partial charge in [0.2, 0.25) is 0 Å². The van der Waals surface area contributed by atoms with Crippen molar-refractivity contribution in [2.24, 2.45) is 0 Å². The van der Waals surface area contributed by atoms with Gasteiger partial charge in [0.1, 0.15) is 6.29 Å². The van der Waals surface area contributed by atoms with Gasteiger partial charge in [-0.05, 0) is 11.1 Å². The minimum absolute atomic E-state index is 0.486. The molecule has 0 aliphatic carbocycles. The van der Waals surface area contributed by atoms with Crippen molar-refractivity contribution in [1.29, 1.82) is 0 Å². The lowest BCUT2D eigenvalue weighted by atomic mass is 10.1. The van der Waals surface area contributed by atoms with E-state index in [1.807, 2.05) is 24.3 Å². The molecule has 13 heavy (non-hydrogen) atoms. The molecule has 0 aliphatic rings. The lowest BCUT2D eigenvalue weighted by molar-refractivity contribution is -0.107. The molecular formula is C11H11BrO. The van der Waals surface area contributed by atoms with Gasteiger partial charge in [0, 0.05) is 11.8 Å². The molecule has 0 bridgehead atoms. The number of alkyl halides is 1. The summed E-state index contributed by atoms with van der Waals surface area (Å²) < 4.78 is 0. The van der Waals surface area contributed by atoms with Gasteiger partial charge >= 0.3 is 0 Å². The summed E-state index contributed by atoms with van der Waals surface area (Å²) in [6.07, 6.45) is 5.19. The third-order valence-electron chi connectivity index (χ3n) is 1.68. The molecule has 0 unspecified atom stereocenters. The van der Waals surface area contributed by atoms with Crippen molar-refractivity contribution in [3.63, 3.8) is 0 Å². The predicted molar refractivity (Wildman–Crippen MR) is 58.8 cm³/mol. The zero-order valence-electron chi connectivity index (χ0n) is 7.24. The normalized spacial score (nSPS) is 10.5. The second-order valence-corrected chi connectivity index (χ2v) is 3.24. The van der Waals surface area contributed by atoms with Gasteiger partial charge in [-0.1, -0.05) is 52.3 Å². The van der Waals surface area contributed by atoms with Crippen molar-refractivity contribution in [1.82, 2.24) is 0 Å². The third kappa shape index (κ3) is 3.55. The van der Waals surface area contributed by atoms with Crippen molar-refractivity contribution < 1.29 is 4.79 Å². The Morgan fingerprint density at radius 2 is 1.92 bits per heavy atom. The second-order valence-electron chi connectivity index (χ2n) is 2.68. The molecule has 0 aliphatic heterocycles. The Kier molecular flexibility index (Phi) is 4.47. The number of hydrogen-bond acceptors (Lipinski definition) is 1. The van der Waals surface area contributed by atoms with Crippen LogP contribution in [0, 0.1) is 0 Å². The second kappa shape index (κ2) is 5.70. The van der Waals surface area contributed by atoms with Crippen LogP contribution < -0.4 is 0 Å². The maximum atomic E-state index is 10.0. The Bertz CT molecular complexity index is 287. The first-order valence-corrected chi connectivity index (χ1v) is 5.24. The predicted octanol–water partition coefficient (Wildman–Crippen LogP) is 3.18. The van der Waals surface area contributed by atoms with E-state index in [0.29, 0.717) is 6.42 Å². The number of carbonyl (C=O) groups is 1. The monoisotopic (exact) mass is 238 g/mol. The fourth-order valence-electron chi connectivity index (χ4n) is 0.978. The number of hydrogen-bond donors (Lipinski definition) is 0. The van der Waals surface area contributed by atoms with E-state index in [-0.39, 0.29) is 0 Å². The molecule has 0 N–H and O–H groups in total.